The SMILES string of the molecule is c1ccc(-c2ccc(N(c3ccc4sc5cccc(-c6ccccc6)c5c4c3)c3cccc4c3oc3ccccc34)c3c2sc2ccccc23)cc1. The second-order valence-electron chi connectivity index (χ2n) is 13.2. The van der Waals surface area contributed by atoms with Crippen molar-refractivity contribution in [3.63, 3.8) is 0 Å². The Morgan fingerprint density at radius 2 is 1.08 bits per heavy atom. The number of fused-ring (bicyclic) bond motifs is 9. The monoisotopic (exact) mass is 699 g/mol. The molecule has 244 valence electrons. The third-order valence-corrected chi connectivity index (χ3v) is 12.6. The first-order valence-electron chi connectivity index (χ1n) is 17.5. The highest BCUT2D eigenvalue weighted by molar-refractivity contribution is 7.26. The Balaban J connectivity index is 1.25. The molecule has 2 nitrogen and oxygen atoms in total. The molecule has 0 saturated heterocycles. The van der Waals surface area contributed by atoms with Gasteiger partial charge in [-0.2, -0.15) is 0 Å². The van der Waals surface area contributed by atoms with Crippen LogP contribution in [-0.4, -0.2) is 0 Å². The van der Waals surface area contributed by atoms with Gasteiger partial charge in [0.1, 0.15) is 5.58 Å². The van der Waals surface area contributed by atoms with Crippen LogP contribution in [0.4, 0.5) is 17.1 Å². The minimum atomic E-state index is 0.878. The van der Waals surface area contributed by atoms with Crippen LogP contribution in [-0.2, 0) is 0 Å². The van der Waals surface area contributed by atoms with E-state index < -0.39 is 0 Å². The number of anilines is 3. The van der Waals surface area contributed by atoms with Gasteiger partial charge >= 0.3 is 0 Å². The largest absolute Gasteiger partial charge is 0.454 e. The Kier molecular flexibility index (Phi) is 6.63. The minimum Gasteiger partial charge on any atom is -0.454 e. The molecule has 0 aliphatic rings. The number of rotatable bonds is 5. The smallest absolute Gasteiger partial charge is 0.159 e. The fourth-order valence-electron chi connectivity index (χ4n) is 7.97. The van der Waals surface area contributed by atoms with Crippen LogP contribution in [0.2, 0.25) is 0 Å². The standard InChI is InChI=1S/C48H29NOS2/c1-3-13-30(14-4-1)33-19-12-24-44-45(33)38-29-32(25-28-43(38)51-44)49(40-21-11-20-36-35-17-7-9-22-41(35)50-47(36)40)39-27-26-34(31-15-5-2-6-16-31)48-46(39)37-18-8-10-23-42(37)52-48/h1-29H. The van der Waals surface area contributed by atoms with E-state index in [1.807, 2.05) is 28.7 Å². The molecule has 0 aliphatic heterocycles. The molecule has 0 N–H and O–H groups in total. The Morgan fingerprint density at radius 1 is 0.404 bits per heavy atom. The highest BCUT2D eigenvalue weighted by Gasteiger charge is 2.25. The molecular weight excluding hydrogens is 671 g/mol. The Bertz CT molecular complexity index is 3130. The third kappa shape index (κ3) is 4.48. The van der Waals surface area contributed by atoms with Crippen LogP contribution in [0.5, 0.6) is 0 Å². The molecule has 0 spiro atoms. The van der Waals surface area contributed by atoms with Gasteiger partial charge in [0.15, 0.2) is 5.58 Å². The van der Waals surface area contributed by atoms with Gasteiger partial charge in [-0.05, 0) is 70.8 Å². The van der Waals surface area contributed by atoms with E-state index in [0.717, 1.165) is 39.0 Å². The van der Waals surface area contributed by atoms with Crippen molar-refractivity contribution in [2.24, 2.45) is 0 Å². The van der Waals surface area contributed by atoms with Crippen molar-refractivity contribution in [1.29, 1.82) is 0 Å². The van der Waals surface area contributed by atoms with Crippen molar-refractivity contribution >= 4 is 102 Å². The fourth-order valence-corrected chi connectivity index (χ4v) is 10.3. The van der Waals surface area contributed by atoms with E-state index in [0.29, 0.717) is 0 Å². The highest BCUT2D eigenvalue weighted by atomic mass is 32.1. The molecule has 0 unspecified atom stereocenters. The van der Waals surface area contributed by atoms with Crippen molar-refractivity contribution in [3.05, 3.63) is 176 Å². The molecule has 3 heterocycles. The predicted octanol–water partition coefficient (Wildman–Crippen LogP) is 15.1. The lowest BCUT2D eigenvalue weighted by molar-refractivity contribution is 0.669. The number of thiophene rings is 2. The summed E-state index contributed by atoms with van der Waals surface area (Å²) in [4.78, 5) is 2.44. The summed E-state index contributed by atoms with van der Waals surface area (Å²) in [5.74, 6) is 0. The summed E-state index contributed by atoms with van der Waals surface area (Å²) in [5, 5.41) is 7.28. The van der Waals surface area contributed by atoms with E-state index in [9.17, 15) is 0 Å². The van der Waals surface area contributed by atoms with Gasteiger partial charge in [0, 0.05) is 56.8 Å². The van der Waals surface area contributed by atoms with Crippen LogP contribution in [0.15, 0.2) is 180 Å². The lowest BCUT2D eigenvalue weighted by atomic mass is 9.98. The molecule has 11 rings (SSSR count). The first kappa shape index (κ1) is 29.5. The summed E-state index contributed by atoms with van der Waals surface area (Å²) in [5.41, 5.74) is 9.95. The van der Waals surface area contributed by atoms with Crippen LogP contribution < -0.4 is 4.90 Å². The first-order chi connectivity index (χ1) is 25.8. The van der Waals surface area contributed by atoms with E-state index in [1.54, 1.807) is 0 Å². The Morgan fingerprint density at radius 3 is 1.92 bits per heavy atom. The summed E-state index contributed by atoms with van der Waals surface area (Å²) < 4.78 is 11.9. The van der Waals surface area contributed by atoms with Gasteiger partial charge in [0.05, 0.1) is 11.4 Å². The summed E-state index contributed by atoms with van der Waals surface area (Å²) in [6.07, 6.45) is 0. The summed E-state index contributed by atoms with van der Waals surface area (Å²) >= 11 is 3.73. The Hall–Kier alpha value is -6.20. The summed E-state index contributed by atoms with van der Waals surface area (Å²) in [6.45, 7) is 0. The van der Waals surface area contributed by atoms with Gasteiger partial charge in [-0.3, -0.25) is 0 Å². The van der Waals surface area contributed by atoms with Crippen molar-refractivity contribution in [1.82, 2.24) is 0 Å². The fraction of sp³-hybridized carbons (Fsp3) is 0. The van der Waals surface area contributed by atoms with Crippen LogP contribution in [0.3, 0.4) is 0 Å². The van der Waals surface area contributed by atoms with Crippen molar-refractivity contribution in [2.45, 2.75) is 0 Å². The predicted molar refractivity (Wildman–Crippen MR) is 225 cm³/mol. The normalized spacial score (nSPS) is 11.8. The molecule has 0 fully saturated rings. The zero-order valence-electron chi connectivity index (χ0n) is 27.9. The number of nitrogens with zero attached hydrogens (tertiary/aromatic N) is 1. The molecule has 52 heavy (non-hydrogen) atoms. The molecule has 0 bridgehead atoms. The molecule has 0 saturated carbocycles. The number of para-hydroxylation sites is 2. The number of furan rings is 1. The molecule has 11 aromatic rings. The first-order valence-corrected chi connectivity index (χ1v) is 19.1. The quantitative estimate of drug-likeness (QED) is 0.178. The number of benzene rings is 8. The number of hydrogen-bond donors (Lipinski definition) is 0. The molecule has 8 aromatic carbocycles. The van der Waals surface area contributed by atoms with Gasteiger partial charge in [-0.25, -0.2) is 0 Å². The van der Waals surface area contributed by atoms with E-state index in [-0.39, 0.29) is 0 Å². The molecule has 0 amide bonds. The maximum Gasteiger partial charge on any atom is 0.159 e. The van der Waals surface area contributed by atoms with Crippen LogP contribution in [0.1, 0.15) is 0 Å². The van der Waals surface area contributed by atoms with E-state index in [2.05, 4.69) is 175 Å². The average Bonchev–Trinajstić information content (AvgIpc) is 3.91. The molecule has 0 atom stereocenters. The minimum absolute atomic E-state index is 0.878. The molecular formula is C48H29NOS2. The van der Waals surface area contributed by atoms with Crippen molar-refractivity contribution in [3.8, 4) is 22.3 Å². The van der Waals surface area contributed by atoms with E-state index in [1.165, 1.54) is 62.6 Å². The topological polar surface area (TPSA) is 16.4 Å². The average molecular weight is 700 g/mol. The van der Waals surface area contributed by atoms with Gasteiger partial charge in [0.2, 0.25) is 0 Å². The summed E-state index contributed by atoms with van der Waals surface area (Å²) in [6, 6.07) is 63.6. The van der Waals surface area contributed by atoms with Crippen LogP contribution >= 0.6 is 22.7 Å². The van der Waals surface area contributed by atoms with Gasteiger partial charge in [0.25, 0.3) is 0 Å². The highest BCUT2D eigenvalue weighted by Crippen LogP contribution is 2.51. The van der Waals surface area contributed by atoms with Crippen molar-refractivity contribution < 1.29 is 4.42 Å². The maximum atomic E-state index is 6.76. The summed E-state index contributed by atoms with van der Waals surface area (Å²) in [7, 11) is 0. The lowest BCUT2D eigenvalue weighted by Crippen LogP contribution is -2.10. The van der Waals surface area contributed by atoms with Crippen LogP contribution in [0, 0.1) is 0 Å². The van der Waals surface area contributed by atoms with E-state index >= 15 is 0 Å². The third-order valence-electron chi connectivity index (χ3n) is 10.3. The zero-order chi connectivity index (χ0) is 34.2. The second kappa shape index (κ2) is 11.7. The van der Waals surface area contributed by atoms with Gasteiger partial charge in [-0.15, -0.1) is 22.7 Å². The van der Waals surface area contributed by atoms with E-state index in [4.69, 9.17) is 4.42 Å². The van der Waals surface area contributed by atoms with Gasteiger partial charge < -0.3 is 9.32 Å². The van der Waals surface area contributed by atoms with Gasteiger partial charge in [-0.1, -0.05) is 127 Å². The molecule has 3 aromatic heterocycles. The van der Waals surface area contributed by atoms with Crippen LogP contribution in [0.25, 0.3) is 84.5 Å². The molecule has 0 radical (unpaired) electrons. The zero-order valence-corrected chi connectivity index (χ0v) is 29.5. The maximum absolute atomic E-state index is 6.76. The number of hydrogen-bond acceptors (Lipinski definition) is 4. The molecule has 4 heteroatoms. The van der Waals surface area contributed by atoms with Crippen molar-refractivity contribution in [2.75, 3.05) is 4.90 Å². The Labute approximate surface area is 308 Å². The second-order valence-corrected chi connectivity index (χ2v) is 15.4. The lowest BCUT2D eigenvalue weighted by Gasteiger charge is -2.27. The molecule has 0 aliphatic carbocycles.